The third kappa shape index (κ3) is 4.75. The van der Waals surface area contributed by atoms with Crippen LogP contribution in [0.15, 0.2) is 54.7 Å². The Bertz CT molecular complexity index is 1230. The number of benzene rings is 2. The van der Waals surface area contributed by atoms with Crippen LogP contribution in [0.4, 0.5) is 4.79 Å². The SMILES string of the molecule is O=C(N[C@@H]1CCO[C@@H]1C(=O)NCc1ncc(C(=O)O)s1)OCC1c2ccccc2-c2ccccc21. The minimum Gasteiger partial charge on any atom is -0.477 e. The number of carbonyl (C=O) groups excluding carboxylic acids is 2. The van der Waals surface area contributed by atoms with Gasteiger partial charge in [0.15, 0.2) is 6.10 Å². The molecule has 10 heteroatoms. The van der Waals surface area contributed by atoms with Crippen molar-refractivity contribution in [1.82, 2.24) is 15.6 Å². The van der Waals surface area contributed by atoms with Crippen LogP contribution in [0.5, 0.6) is 0 Å². The number of nitrogens with zero attached hydrogens (tertiary/aromatic N) is 1. The van der Waals surface area contributed by atoms with Gasteiger partial charge in [-0.3, -0.25) is 4.79 Å². The minimum atomic E-state index is -1.06. The van der Waals surface area contributed by atoms with E-state index in [2.05, 4.69) is 27.8 Å². The smallest absolute Gasteiger partial charge is 0.407 e. The molecule has 2 aromatic carbocycles. The van der Waals surface area contributed by atoms with E-state index in [-0.39, 0.29) is 23.9 Å². The lowest BCUT2D eigenvalue weighted by atomic mass is 9.98. The molecule has 2 heterocycles. The molecule has 2 amide bonds. The maximum Gasteiger partial charge on any atom is 0.407 e. The van der Waals surface area contributed by atoms with Gasteiger partial charge in [0.1, 0.15) is 16.5 Å². The summed E-state index contributed by atoms with van der Waals surface area (Å²) < 4.78 is 11.1. The van der Waals surface area contributed by atoms with E-state index in [1.54, 1.807) is 0 Å². The van der Waals surface area contributed by atoms with E-state index < -0.39 is 30.1 Å². The van der Waals surface area contributed by atoms with Crippen molar-refractivity contribution in [2.45, 2.75) is 31.0 Å². The minimum absolute atomic E-state index is 0.0546. The second-order valence-corrected chi connectivity index (χ2v) is 9.41. The van der Waals surface area contributed by atoms with Gasteiger partial charge in [0.25, 0.3) is 5.91 Å². The van der Waals surface area contributed by atoms with Crippen molar-refractivity contribution in [2.75, 3.05) is 13.2 Å². The van der Waals surface area contributed by atoms with Crippen LogP contribution in [0, 0.1) is 0 Å². The second kappa shape index (κ2) is 9.85. The first-order chi connectivity index (χ1) is 17.0. The molecule has 5 rings (SSSR count). The van der Waals surface area contributed by atoms with Crippen molar-refractivity contribution in [3.8, 4) is 11.1 Å². The van der Waals surface area contributed by atoms with Crippen molar-refractivity contribution in [1.29, 1.82) is 0 Å². The fourth-order valence-corrected chi connectivity index (χ4v) is 5.24. The lowest BCUT2D eigenvalue weighted by molar-refractivity contribution is -0.130. The van der Waals surface area contributed by atoms with Gasteiger partial charge in [-0.05, 0) is 28.7 Å². The molecule has 0 spiro atoms. The highest BCUT2D eigenvalue weighted by atomic mass is 32.1. The summed E-state index contributed by atoms with van der Waals surface area (Å²) in [5.74, 6) is -1.52. The summed E-state index contributed by atoms with van der Waals surface area (Å²) >= 11 is 0.990. The van der Waals surface area contributed by atoms with Crippen LogP contribution in [0.25, 0.3) is 11.1 Å². The number of nitrogens with one attached hydrogen (secondary N) is 2. The monoisotopic (exact) mass is 493 g/mol. The van der Waals surface area contributed by atoms with Crippen molar-refractivity contribution < 1.29 is 29.0 Å². The van der Waals surface area contributed by atoms with E-state index in [1.165, 1.54) is 6.20 Å². The highest BCUT2D eigenvalue weighted by molar-refractivity contribution is 7.13. The largest absolute Gasteiger partial charge is 0.477 e. The summed E-state index contributed by atoms with van der Waals surface area (Å²) in [4.78, 5) is 40.3. The first-order valence-corrected chi connectivity index (χ1v) is 12.0. The summed E-state index contributed by atoms with van der Waals surface area (Å²) in [6.45, 7) is 0.585. The summed E-state index contributed by atoms with van der Waals surface area (Å²) in [5, 5.41) is 14.9. The van der Waals surface area contributed by atoms with E-state index in [0.29, 0.717) is 18.0 Å². The highest BCUT2D eigenvalue weighted by Gasteiger charge is 2.36. The van der Waals surface area contributed by atoms with Gasteiger partial charge in [0, 0.05) is 12.5 Å². The van der Waals surface area contributed by atoms with Gasteiger partial charge in [0.05, 0.1) is 18.8 Å². The number of hydrogen-bond acceptors (Lipinski definition) is 7. The topological polar surface area (TPSA) is 127 Å². The van der Waals surface area contributed by atoms with E-state index in [1.807, 2.05) is 36.4 Å². The van der Waals surface area contributed by atoms with Crippen molar-refractivity contribution >= 4 is 29.3 Å². The predicted octanol–water partition coefficient (Wildman–Crippen LogP) is 3.15. The van der Waals surface area contributed by atoms with Crippen molar-refractivity contribution in [2.24, 2.45) is 0 Å². The standard InChI is InChI=1S/C25H23N3O6S/c29-23(27-12-21-26-11-20(35-21)24(30)31)22-19(9-10-33-22)28-25(32)34-13-18-16-7-3-1-5-14(16)15-6-2-4-8-17(15)18/h1-8,11,18-19,22H,9-10,12-13H2,(H,27,29)(H,28,32)(H,30,31)/t19-,22+/m1/s1. The highest BCUT2D eigenvalue weighted by Crippen LogP contribution is 2.44. The maximum absolute atomic E-state index is 12.6. The molecule has 35 heavy (non-hydrogen) atoms. The van der Waals surface area contributed by atoms with Crippen LogP contribution in [0.3, 0.4) is 0 Å². The van der Waals surface area contributed by atoms with Crippen molar-refractivity contribution in [3.63, 3.8) is 0 Å². The number of hydrogen-bond donors (Lipinski definition) is 3. The first-order valence-electron chi connectivity index (χ1n) is 11.2. The van der Waals surface area contributed by atoms with E-state index in [9.17, 15) is 14.4 Å². The average Bonchev–Trinajstić information content (AvgIpc) is 3.59. The molecule has 0 unspecified atom stereocenters. The third-order valence-electron chi connectivity index (χ3n) is 6.18. The summed E-state index contributed by atoms with van der Waals surface area (Å²) in [7, 11) is 0. The number of carbonyl (C=O) groups is 3. The number of alkyl carbamates (subject to hydrolysis) is 1. The molecule has 1 saturated heterocycles. The Balaban J connectivity index is 1.16. The number of rotatable bonds is 7. The molecule has 2 aliphatic rings. The normalized spacial score (nSPS) is 18.5. The number of thiazole rings is 1. The number of ether oxygens (including phenoxy) is 2. The molecule has 1 fully saturated rings. The molecule has 0 saturated carbocycles. The number of amides is 2. The molecule has 1 aliphatic carbocycles. The van der Waals surface area contributed by atoms with Gasteiger partial charge in [-0.15, -0.1) is 11.3 Å². The van der Waals surface area contributed by atoms with Gasteiger partial charge in [-0.1, -0.05) is 48.5 Å². The molecule has 3 N–H and O–H groups in total. The Kier molecular flexibility index (Phi) is 6.47. The van der Waals surface area contributed by atoms with Crippen LogP contribution >= 0.6 is 11.3 Å². The number of carboxylic acids is 1. The number of fused-ring (bicyclic) bond motifs is 3. The quantitative estimate of drug-likeness (QED) is 0.461. The molecule has 180 valence electrons. The zero-order valence-electron chi connectivity index (χ0n) is 18.6. The second-order valence-electron chi connectivity index (χ2n) is 8.30. The summed E-state index contributed by atoms with van der Waals surface area (Å²) in [6.07, 6.45) is 0.255. The fourth-order valence-electron chi connectivity index (χ4n) is 4.54. The molecular weight excluding hydrogens is 470 g/mol. The number of aromatic carboxylic acids is 1. The Morgan fingerprint density at radius 1 is 1.09 bits per heavy atom. The maximum atomic E-state index is 12.6. The van der Waals surface area contributed by atoms with E-state index in [4.69, 9.17) is 14.6 Å². The Labute approximate surface area is 205 Å². The number of carboxylic acid groups (broad SMARTS) is 1. The molecular formula is C25H23N3O6S. The molecule has 1 aliphatic heterocycles. The zero-order valence-corrected chi connectivity index (χ0v) is 19.4. The molecule has 0 bridgehead atoms. The zero-order chi connectivity index (χ0) is 24.4. The van der Waals surface area contributed by atoms with Crippen LogP contribution < -0.4 is 10.6 Å². The van der Waals surface area contributed by atoms with Crippen LogP contribution in [-0.2, 0) is 20.8 Å². The van der Waals surface area contributed by atoms with Gasteiger partial charge in [0.2, 0.25) is 0 Å². The van der Waals surface area contributed by atoms with Gasteiger partial charge < -0.3 is 25.2 Å². The van der Waals surface area contributed by atoms with Crippen LogP contribution in [0.2, 0.25) is 0 Å². The van der Waals surface area contributed by atoms with Crippen LogP contribution in [-0.4, -0.2) is 53.4 Å². The molecule has 9 nitrogen and oxygen atoms in total. The van der Waals surface area contributed by atoms with Crippen LogP contribution in [0.1, 0.15) is 38.1 Å². The van der Waals surface area contributed by atoms with Gasteiger partial charge >= 0.3 is 12.1 Å². The Morgan fingerprint density at radius 3 is 2.43 bits per heavy atom. The number of aromatic nitrogens is 1. The molecule has 0 radical (unpaired) electrons. The van der Waals surface area contributed by atoms with Gasteiger partial charge in [-0.2, -0.15) is 0 Å². The average molecular weight is 494 g/mol. The Morgan fingerprint density at radius 2 is 1.77 bits per heavy atom. The van der Waals surface area contributed by atoms with Crippen molar-refractivity contribution in [3.05, 3.63) is 75.7 Å². The molecule has 2 atom stereocenters. The Hall–Kier alpha value is -3.76. The third-order valence-corrected chi connectivity index (χ3v) is 7.16. The van der Waals surface area contributed by atoms with Gasteiger partial charge in [-0.25, -0.2) is 14.6 Å². The lowest BCUT2D eigenvalue weighted by Crippen LogP contribution is -2.48. The van der Waals surface area contributed by atoms with E-state index >= 15 is 0 Å². The molecule has 3 aromatic rings. The summed E-state index contributed by atoms with van der Waals surface area (Å²) in [6, 6.07) is 15.7. The fraction of sp³-hybridized carbons (Fsp3) is 0.280. The van der Waals surface area contributed by atoms with E-state index in [0.717, 1.165) is 33.6 Å². The predicted molar refractivity (Wildman–Crippen MR) is 127 cm³/mol. The first kappa shape index (κ1) is 23.0. The molecule has 1 aromatic heterocycles. The summed E-state index contributed by atoms with van der Waals surface area (Å²) in [5.41, 5.74) is 4.54. The lowest BCUT2D eigenvalue weighted by Gasteiger charge is -2.20.